The summed E-state index contributed by atoms with van der Waals surface area (Å²) < 4.78 is 4.81. The predicted octanol–water partition coefficient (Wildman–Crippen LogP) is 2.41. The van der Waals surface area contributed by atoms with Crippen molar-refractivity contribution in [2.75, 3.05) is 19.7 Å². The first-order valence-corrected chi connectivity index (χ1v) is 6.51. The molecule has 0 aromatic carbocycles. The minimum absolute atomic E-state index is 0.126. The van der Waals surface area contributed by atoms with E-state index in [0.717, 1.165) is 0 Å². The van der Waals surface area contributed by atoms with Crippen LogP contribution in [0.25, 0.3) is 0 Å². The first-order valence-electron chi connectivity index (χ1n) is 5.75. The second kappa shape index (κ2) is 7.31. The average molecular weight is 305 g/mol. The fourth-order valence-electron chi connectivity index (χ4n) is 1.44. The summed E-state index contributed by atoms with van der Waals surface area (Å²) in [6.07, 6.45) is 1.30. The van der Waals surface area contributed by atoms with Gasteiger partial charge in [0, 0.05) is 12.7 Å². The van der Waals surface area contributed by atoms with Crippen LogP contribution in [0.3, 0.4) is 0 Å². The first kappa shape index (κ1) is 15.7. The normalized spacial score (nSPS) is 10.1. The van der Waals surface area contributed by atoms with Crippen molar-refractivity contribution < 1.29 is 14.3 Å². The number of carbonyl (C=O) groups is 2. The maximum Gasteiger partial charge on any atom is 0.325 e. The van der Waals surface area contributed by atoms with Gasteiger partial charge in [0.05, 0.1) is 17.2 Å². The van der Waals surface area contributed by atoms with Gasteiger partial charge in [-0.1, -0.05) is 23.2 Å². The van der Waals surface area contributed by atoms with Crippen LogP contribution < -0.4 is 0 Å². The molecule has 0 radical (unpaired) electrons. The van der Waals surface area contributed by atoms with Gasteiger partial charge in [-0.05, 0) is 19.9 Å². The largest absolute Gasteiger partial charge is 0.465 e. The number of likely N-dealkylation sites (N-methyl/N-ethyl adjacent to an activating group) is 1. The van der Waals surface area contributed by atoms with Gasteiger partial charge >= 0.3 is 5.97 Å². The van der Waals surface area contributed by atoms with Gasteiger partial charge < -0.3 is 9.64 Å². The van der Waals surface area contributed by atoms with E-state index in [1.165, 1.54) is 17.2 Å². The molecule has 1 heterocycles. The van der Waals surface area contributed by atoms with E-state index in [4.69, 9.17) is 27.9 Å². The molecule has 104 valence electrons. The van der Waals surface area contributed by atoms with Gasteiger partial charge in [0.2, 0.25) is 0 Å². The number of pyridine rings is 1. The zero-order valence-electron chi connectivity index (χ0n) is 10.7. The number of nitrogens with zero attached hydrogens (tertiary/aromatic N) is 2. The fourth-order valence-corrected chi connectivity index (χ4v) is 1.78. The highest BCUT2D eigenvalue weighted by Gasteiger charge is 2.20. The van der Waals surface area contributed by atoms with Crippen LogP contribution in [0, 0.1) is 0 Å². The van der Waals surface area contributed by atoms with Crippen LogP contribution in [0.1, 0.15) is 24.2 Å². The van der Waals surface area contributed by atoms with Gasteiger partial charge in [0.25, 0.3) is 5.91 Å². The summed E-state index contributed by atoms with van der Waals surface area (Å²) >= 11 is 11.6. The molecule has 0 N–H and O–H groups in total. The van der Waals surface area contributed by atoms with E-state index in [2.05, 4.69) is 4.98 Å². The van der Waals surface area contributed by atoms with Gasteiger partial charge in [-0.15, -0.1) is 0 Å². The lowest BCUT2D eigenvalue weighted by atomic mass is 10.2. The molecule has 1 aromatic heterocycles. The molecule has 1 aromatic rings. The summed E-state index contributed by atoms with van der Waals surface area (Å²) in [7, 11) is 0. The van der Waals surface area contributed by atoms with E-state index in [9.17, 15) is 9.59 Å². The van der Waals surface area contributed by atoms with Crippen LogP contribution in [-0.2, 0) is 9.53 Å². The number of aromatic nitrogens is 1. The van der Waals surface area contributed by atoms with Crippen LogP contribution in [-0.4, -0.2) is 41.5 Å². The van der Waals surface area contributed by atoms with Crippen molar-refractivity contribution in [3.8, 4) is 0 Å². The van der Waals surface area contributed by atoms with E-state index in [1.807, 2.05) is 0 Å². The molecule has 0 aliphatic carbocycles. The Balaban J connectivity index is 2.89. The van der Waals surface area contributed by atoms with E-state index >= 15 is 0 Å². The molecule has 0 fully saturated rings. The number of halogens is 2. The summed E-state index contributed by atoms with van der Waals surface area (Å²) in [5, 5.41) is 0.358. The third-order valence-electron chi connectivity index (χ3n) is 2.35. The predicted molar refractivity (Wildman–Crippen MR) is 72.5 cm³/mol. The van der Waals surface area contributed by atoms with E-state index in [1.54, 1.807) is 13.8 Å². The zero-order chi connectivity index (χ0) is 14.4. The molecule has 0 bridgehead atoms. The van der Waals surface area contributed by atoms with Gasteiger partial charge in [-0.25, -0.2) is 4.98 Å². The van der Waals surface area contributed by atoms with Crippen molar-refractivity contribution in [3.05, 3.63) is 28.0 Å². The van der Waals surface area contributed by atoms with Gasteiger partial charge in [0.15, 0.2) is 0 Å². The van der Waals surface area contributed by atoms with Crippen molar-refractivity contribution in [2.45, 2.75) is 13.8 Å². The number of ether oxygens (including phenoxy) is 1. The Morgan fingerprint density at radius 2 is 2.05 bits per heavy atom. The van der Waals surface area contributed by atoms with Crippen LogP contribution in [0.5, 0.6) is 0 Å². The monoisotopic (exact) mass is 304 g/mol. The van der Waals surface area contributed by atoms with Crippen molar-refractivity contribution in [1.82, 2.24) is 9.88 Å². The van der Waals surface area contributed by atoms with Crippen molar-refractivity contribution >= 4 is 35.1 Å². The van der Waals surface area contributed by atoms with Crippen molar-refractivity contribution in [1.29, 1.82) is 0 Å². The molecule has 7 heteroatoms. The second-order valence-corrected chi connectivity index (χ2v) is 4.41. The molecule has 19 heavy (non-hydrogen) atoms. The van der Waals surface area contributed by atoms with E-state index in [0.29, 0.717) is 6.54 Å². The number of hydrogen-bond acceptors (Lipinski definition) is 4. The molecule has 0 saturated carbocycles. The number of esters is 1. The molecule has 0 unspecified atom stereocenters. The standard InChI is InChI=1S/C12H14Cl2N2O3/c1-3-16(7-11(17)19-4-2)12(18)8-5-10(14)15-6-9(8)13/h5-6H,3-4,7H2,1-2H3. The summed E-state index contributed by atoms with van der Waals surface area (Å²) in [5.41, 5.74) is 0.216. The molecule has 0 spiro atoms. The van der Waals surface area contributed by atoms with E-state index < -0.39 is 5.97 Å². The maximum atomic E-state index is 12.2. The van der Waals surface area contributed by atoms with Gasteiger partial charge in [-0.2, -0.15) is 0 Å². The second-order valence-electron chi connectivity index (χ2n) is 3.61. The summed E-state index contributed by atoms with van der Waals surface area (Å²) in [6.45, 7) is 3.96. The van der Waals surface area contributed by atoms with Gasteiger partial charge in [0.1, 0.15) is 11.7 Å². The lowest BCUT2D eigenvalue weighted by Crippen LogP contribution is -2.36. The Bertz CT molecular complexity index is 480. The highest BCUT2D eigenvalue weighted by Crippen LogP contribution is 2.19. The number of rotatable bonds is 5. The molecule has 1 rings (SSSR count). The lowest BCUT2D eigenvalue weighted by Gasteiger charge is -2.20. The first-order chi connectivity index (χ1) is 8.99. The van der Waals surface area contributed by atoms with Crippen LogP contribution >= 0.6 is 23.2 Å². The minimum atomic E-state index is -0.464. The molecule has 0 aliphatic heterocycles. The Morgan fingerprint density at radius 1 is 1.37 bits per heavy atom. The number of amides is 1. The minimum Gasteiger partial charge on any atom is -0.465 e. The molecule has 0 aliphatic rings. The smallest absolute Gasteiger partial charge is 0.325 e. The van der Waals surface area contributed by atoms with Crippen molar-refractivity contribution in [3.63, 3.8) is 0 Å². The Morgan fingerprint density at radius 3 is 2.63 bits per heavy atom. The summed E-state index contributed by atoms with van der Waals surface area (Å²) in [4.78, 5) is 28.7. The average Bonchev–Trinajstić information content (AvgIpc) is 2.38. The van der Waals surface area contributed by atoms with Gasteiger partial charge in [-0.3, -0.25) is 9.59 Å². The maximum absolute atomic E-state index is 12.2. The molecule has 5 nitrogen and oxygen atoms in total. The summed E-state index contributed by atoms with van der Waals surface area (Å²) in [6, 6.07) is 1.38. The fraction of sp³-hybridized carbons (Fsp3) is 0.417. The van der Waals surface area contributed by atoms with Crippen molar-refractivity contribution in [2.24, 2.45) is 0 Å². The Labute approximate surface area is 121 Å². The molecule has 1 amide bonds. The molecular formula is C12H14Cl2N2O3. The van der Waals surface area contributed by atoms with Crippen LogP contribution in [0.2, 0.25) is 10.2 Å². The zero-order valence-corrected chi connectivity index (χ0v) is 12.2. The third-order valence-corrected chi connectivity index (χ3v) is 2.85. The number of hydrogen-bond donors (Lipinski definition) is 0. The van der Waals surface area contributed by atoms with Crippen LogP contribution in [0.15, 0.2) is 12.3 Å². The Hall–Kier alpha value is -1.33. The molecule has 0 atom stereocenters. The number of carbonyl (C=O) groups excluding carboxylic acids is 2. The van der Waals surface area contributed by atoms with Crippen LogP contribution in [0.4, 0.5) is 0 Å². The highest BCUT2D eigenvalue weighted by molar-refractivity contribution is 6.35. The Kier molecular flexibility index (Phi) is 6.05. The molecular weight excluding hydrogens is 291 g/mol. The quantitative estimate of drug-likeness (QED) is 0.619. The lowest BCUT2D eigenvalue weighted by molar-refractivity contribution is -0.143. The summed E-state index contributed by atoms with van der Waals surface area (Å²) in [5.74, 6) is -0.848. The SMILES string of the molecule is CCOC(=O)CN(CC)C(=O)c1cc(Cl)ncc1Cl. The molecule has 0 saturated heterocycles. The van der Waals surface area contributed by atoms with E-state index in [-0.39, 0.29) is 34.8 Å². The third kappa shape index (κ3) is 4.36. The highest BCUT2D eigenvalue weighted by atomic mass is 35.5. The topological polar surface area (TPSA) is 59.5 Å².